The molecule has 0 radical (unpaired) electrons. The van der Waals surface area contributed by atoms with Crippen molar-refractivity contribution in [1.82, 2.24) is 19.4 Å². The number of carbonyl (C=O) groups excluding carboxylic acids is 2. The van der Waals surface area contributed by atoms with Crippen LogP contribution in [-0.2, 0) is 38.3 Å². The van der Waals surface area contributed by atoms with Crippen molar-refractivity contribution in [2.75, 3.05) is 76.9 Å². The molecule has 15 heteroatoms. The molecule has 58 heavy (non-hydrogen) atoms. The van der Waals surface area contributed by atoms with Crippen molar-refractivity contribution in [2.45, 2.75) is 57.0 Å². The smallest absolute Gasteiger partial charge is 0.286 e. The highest BCUT2D eigenvalue weighted by Gasteiger charge is 2.44. The van der Waals surface area contributed by atoms with Crippen LogP contribution in [0.3, 0.4) is 0 Å². The Bertz CT molecular complexity index is 2160. The number of carbonyl (C=O) groups is 2. The van der Waals surface area contributed by atoms with Crippen molar-refractivity contribution in [1.29, 1.82) is 0 Å². The molecule has 3 aromatic rings. The van der Waals surface area contributed by atoms with Gasteiger partial charge in [-0.25, -0.2) is 4.21 Å². The van der Waals surface area contributed by atoms with E-state index < -0.39 is 21.7 Å². The number of halogens is 1. The summed E-state index contributed by atoms with van der Waals surface area (Å²) in [5.41, 5.74) is 3.44. The van der Waals surface area contributed by atoms with Gasteiger partial charge in [0, 0.05) is 69.1 Å². The molecule has 1 saturated carbocycles. The quantitative estimate of drug-likeness (QED) is 0.289. The van der Waals surface area contributed by atoms with Gasteiger partial charge in [-0.15, -0.1) is 9.46 Å². The fourth-order valence-electron chi connectivity index (χ4n) is 9.39. The Morgan fingerprint density at radius 2 is 2.00 bits per heavy atom. The number of aryl methyl sites for hydroxylation is 2. The van der Waals surface area contributed by atoms with Crippen LogP contribution in [0.25, 0.3) is 0 Å². The number of hydrogen-bond donors (Lipinski definition) is 1. The van der Waals surface area contributed by atoms with Crippen LogP contribution in [0.15, 0.2) is 59.1 Å². The Labute approximate surface area is 346 Å². The molecule has 8 rings (SSSR count). The molecule has 1 aromatic heterocycles. The highest BCUT2D eigenvalue weighted by molar-refractivity contribution is 7.92. The molecule has 4 heterocycles. The maximum Gasteiger partial charge on any atom is 0.286 e. The molecule has 3 aliphatic heterocycles. The lowest BCUT2D eigenvalue weighted by Gasteiger charge is -2.46. The SMILES string of the molecule is CO[C@H]1/C=C/C[C@H](C)C[S@@](=O)(NC(=O)c2cn(C)nc2OCCN2CCOCC2)=NC(=O)c2ccc3c(c2)N(C[C@@H]2CC[C@H]21)C[C@@]1(CCCc2cc(Cl)ccc21)CO3. The first-order valence-corrected chi connectivity index (χ1v) is 22.7. The van der Waals surface area contributed by atoms with Crippen molar-refractivity contribution >= 4 is 39.0 Å². The number of rotatable bonds is 7. The molecule has 2 aliphatic carbocycles. The third-order valence-corrected chi connectivity index (χ3v) is 14.8. The van der Waals surface area contributed by atoms with Gasteiger partial charge in [-0.3, -0.25) is 23.9 Å². The highest BCUT2D eigenvalue weighted by atomic mass is 35.5. The Hall–Kier alpha value is -3.95. The number of nitrogens with zero attached hydrogens (tertiary/aromatic N) is 5. The van der Waals surface area contributed by atoms with Crippen LogP contribution in [0.4, 0.5) is 5.69 Å². The molecule has 1 spiro atoms. The van der Waals surface area contributed by atoms with Crippen LogP contribution in [-0.4, -0.2) is 109 Å². The average Bonchev–Trinajstić information content (AvgIpc) is 3.50. The Balaban J connectivity index is 1.12. The number of anilines is 1. The second-order valence-electron chi connectivity index (χ2n) is 16.7. The molecule has 13 nitrogen and oxygen atoms in total. The van der Waals surface area contributed by atoms with Crippen LogP contribution in [0.5, 0.6) is 11.6 Å². The minimum atomic E-state index is -3.65. The summed E-state index contributed by atoms with van der Waals surface area (Å²) < 4.78 is 47.6. The van der Waals surface area contributed by atoms with Crippen molar-refractivity contribution in [3.8, 4) is 11.6 Å². The van der Waals surface area contributed by atoms with Crippen molar-refractivity contribution in [3.05, 3.63) is 82.0 Å². The molecule has 1 saturated heterocycles. The van der Waals surface area contributed by atoms with E-state index >= 15 is 0 Å². The van der Waals surface area contributed by atoms with Crippen LogP contribution in [0.1, 0.15) is 70.9 Å². The number of nitrogens with one attached hydrogen (secondary N) is 1. The molecule has 2 fully saturated rings. The summed E-state index contributed by atoms with van der Waals surface area (Å²) in [4.78, 5) is 32.8. The van der Waals surface area contributed by atoms with Gasteiger partial charge in [0.05, 0.1) is 37.4 Å². The molecule has 1 N–H and O–H groups in total. The second-order valence-corrected chi connectivity index (χ2v) is 19.2. The first kappa shape index (κ1) is 40.8. The van der Waals surface area contributed by atoms with E-state index in [0.717, 1.165) is 62.4 Å². The number of amides is 2. The Morgan fingerprint density at radius 1 is 1.16 bits per heavy atom. The fraction of sp³-hybridized carbons (Fsp3) is 0.558. The lowest BCUT2D eigenvalue weighted by atomic mass is 9.68. The van der Waals surface area contributed by atoms with E-state index in [4.69, 9.17) is 30.5 Å². The predicted octanol–water partition coefficient (Wildman–Crippen LogP) is 5.85. The van der Waals surface area contributed by atoms with Crippen molar-refractivity contribution in [2.24, 2.45) is 29.2 Å². The molecule has 2 bridgehead atoms. The Morgan fingerprint density at radius 3 is 2.79 bits per heavy atom. The molecule has 2 amide bonds. The van der Waals surface area contributed by atoms with E-state index in [1.807, 2.05) is 25.1 Å². The third-order valence-electron chi connectivity index (χ3n) is 12.6. The Kier molecular flexibility index (Phi) is 12.2. The summed E-state index contributed by atoms with van der Waals surface area (Å²) in [7, 11) is -0.193. The van der Waals surface area contributed by atoms with E-state index in [-0.39, 0.29) is 40.2 Å². The molecule has 5 aliphatic rings. The number of fused-ring (bicyclic) bond motifs is 4. The van der Waals surface area contributed by atoms with E-state index in [9.17, 15) is 13.8 Å². The first-order valence-electron chi connectivity index (χ1n) is 20.6. The summed E-state index contributed by atoms with van der Waals surface area (Å²) in [5.74, 6) is -0.0830. The van der Waals surface area contributed by atoms with Crippen LogP contribution in [0, 0.1) is 17.8 Å². The van der Waals surface area contributed by atoms with Crippen LogP contribution in [0.2, 0.25) is 5.02 Å². The zero-order chi connectivity index (χ0) is 40.4. The minimum Gasteiger partial charge on any atom is -0.490 e. The summed E-state index contributed by atoms with van der Waals surface area (Å²) >= 11 is 6.49. The van der Waals surface area contributed by atoms with Gasteiger partial charge < -0.3 is 23.8 Å². The number of ether oxygens (including phenoxy) is 4. The maximum atomic E-state index is 14.9. The lowest BCUT2D eigenvalue weighted by molar-refractivity contribution is 0.0131. The summed E-state index contributed by atoms with van der Waals surface area (Å²) in [5, 5.41) is 5.10. The van der Waals surface area contributed by atoms with E-state index in [2.05, 4.69) is 48.3 Å². The van der Waals surface area contributed by atoms with Gasteiger partial charge in [-0.05, 0) is 97.7 Å². The normalized spacial score (nSPS) is 29.5. The zero-order valence-corrected chi connectivity index (χ0v) is 35.3. The monoisotopic (exact) mass is 834 g/mol. The number of hydrogen-bond acceptors (Lipinski definition) is 10. The van der Waals surface area contributed by atoms with Crippen LogP contribution < -0.4 is 19.1 Å². The fourth-order valence-corrected chi connectivity index (χ4v) is 11.5. The van der Waals surface area contributed by atoms with Gasteiger partial charge in [-0.2, -0.15) is 0 Å². The third kappa shape index (κ3) is 8.81. The highest BCUT2D eigenvalue weighted by Crippen LogP contribution is 2.47. The summed E-state index contributed by atoms with van der Waals surface area (Å²) in [6, 6.07) is 11.6. The maximum absolute atomic E-state index is 14.9. The summed E-state index contributed by atoms with van der Waals surface area (Å²) in [6.07, 6.45) is 11.3. The molecule has 2 aromatic carbocycles. The lowest BCUT2D eigenvalue weighted by Crippen LogP contribution is -2.49. The van der Waals surface area contributed by atoms with Gasteiger partial charge in [0.1, 0.15) is 27.8 Å². The van der Waals surface area contributed by atoms with Gasteiger partial charge in [0.15, 0.2) is 0 Å². The largest absolute Gasteiger partial charge is 0.490 e. The molecule has 312 valence electrons. The molecule has 0 unspecified atom stereocenters. The van der Waals surface area contributed by atoms with Gasteiger partial charge in [0.25, 0.3) is 11.8 Å². The number of allylic oxidation sites excluding steroid dienone is 1. The van der Waals surface area contributed by atoms with E-state index in [1.54, 1.807) is 20.2 Å². The zero-order valence-electron chi connectivity index (χ0n) is 33.7. The topological polar surface area (TPSA) is 137 Å². The number of morpholine rings is 1. The minimum absolute atomic E-state index is 0.0435. The molecule has 6 atom stereocenters. The van der Waals surface area contributed by atoms with Gasteiger partial charge in [0.2, 0.25) is 5.88 Å². The second kappa shape index (κ2) is 17.3. The van der Waals surface area contributed by atoms with Crippen molar-refractivity contribution < 1.29 is 32.7 Å². The average molecular weight is 835 g/mol. The number of benzene rings is 2. The standard InChI is InChI=1S/C43H55ClN6O7S/c1-29-6-4-8-38(54-3)34-12-9-32(34)24-50-27-43(15-5-7-30-22-33(44)11-13-36(30)43)28-57-39-14-10-31(23-37(39)50)40(51)46-58(53,26-29)47-41(52)35-25-48(2)45-42(35)56-21-18-49-16-19-55-20-17-49/h4,8,10-11,13-14,22-23,25,29,32,34,38H,5-7,9,12,15-21,24,26-28H2,1-3H3,(H,46,47,51,52,53)/b8-4+/t29-,32-,34+,38-,43-,58-/m0/s1. The van der Waals surface area contributed by atoms with Crippen LogP contribution >= 0.6 is 11.6 Å². The van der Waals surface area contributed by atoms with E-state index in [0.29, 0.717) is 63.5 Å². The van der Waals surface area contributed by atoms with E-state index in [1.165, 1.54) is 22.0 Å². The van der Waals surface area contributed by atoms with Gasteiger partial charge in [-0.1, -0.05) is 36.7 Å². The van der Waals surface area contributed by atoms with Gasteiger partial charge >= 0.3 is 0 Å². The number of methoxy groups -OCH3 is 1. The number of aromatic nitrogens is 2. The first-order chi connectivity index (χ1) is 28.0. The summed E-state index contributed by atoms with van der Waals surface area (Å²) in [6.45, 7) is 7.79. The molecular formula is C43H55ClN6O7S. The van der Waals surface area contributed by atoms with Crippen molar-refractivity contribution in [3.63, 3.8) is 0 Å². The molecular weight excluding hydrogens is 780 g/mol. The predicted molar refractivity (Wildman–Crippen MR) is 223 cm³/mol.